The first kappa shape index (κ1) is 16.6. The fraction of sp³-hybridized carbons (Fsp3) is 0.800. The predicted molar refractivity (Wildman–Crippen MR) is 87.3 cm³/mol. The van der Waals surface area contributed by atoms with E-state index in [0.29, 0.717) is 18.3 Å². The molecule has 2 aliphatic rings. The van der Waals surface area contributed by atoms with Crippen molar-refractivity contribution >= 4 is 17.4 Å². The molecule has 0 aromatic rings. The van der Waals surface area contributed by atoms with Gasteiger partial charge in [0.2, 0.25) is 0 Å². The van der Waals surface area contributed by atoms with E-state index in [4.69, 9.17) is 16.3 Å². The largest absolute Gasteiger partial charge is 0.381 e. The second-order valence-corrected chi connectivity index (χ2v) is 6.32. The van der Waals surface area contributed by atoms with E-state index in [1.807, 2.05) is 11.9 Å². The maximum absolute atomic E-state index is 6.68. The molecule has 2 rings (SSSR count). The van der Waals surface area contributed by atoms with Gasteiger partial charge in [0, 0.05) is 33.1 Å². The predicted octanol–water partition coefficient (Wildman–Crippen LogP) is 1.91. The zero-order valence-electron chi connectivity index (χ0n) is 13.1. The molecule has 3 unspecified atom stereocenters. The molecule has 2 saturated heterocycles. The SMILES string of the molecule is C=CN(CC)/C(CC(Cl)N1CC2COCC(C2)C1)=N/NC. The summed E-state index contributed by atoms with van der Waals surface area (Å²) in [6.45, 7) is 10.6. The zero-order chi connectivity index (χ0) is 15.2. The average Bonchev–Trinajstić information content (AvgIpc) is 2.48. The number of halogens is 1. The monoisotopic (exact) mass is 314 g/mol. The summed E-state index contributed by atoms with van der Waals surface area (Å²) in [6, 6.07) is 0. The van der Waals surface area contributed by atoms with Crippen LogP contribution >= 0.6 is 11.6 Å². The number of hydrazone groups is 1. The van der Waals surface area contributed by atoms with E-state index in [1.165, 1.54) is 6.42 Å². The maximum Gasteiger partial charge on any atom is 0.131 e. The molecule has 2 heterocycles. The number of likely N-dealkylation sites (tertiary alicyclic amines) is 1. The van der Waals surface area contributed by atoms with Crippen LogP contribution in [0, 0.1) is 11.8 Å². The molecule has 2 fully saturated rings. The number of hydrogen-bond donors (Lipinski definition) is 1. The fourth-order valence-electron chi connectivity index (χ4n) is 3.28. The molecular formula is C15H27ClN4O. The van der Waals surface area contributed by atoms with Crippen molar-refractivity contribution < 1.29 is 4.74 Å². The molecule has 3 atom stereocenters. The number of piperidine rings is 1. The number of nitrogens with zero attached hydrogens (tertiary/aromatic N) is 3. The molecule has 0 amide bonds. The van der Waals surface area contributed by atoms with Crippen LogP contribution in [-0.4, -0.2) is 61.0 Å². The van der Waals surface area contributed by atoms with Crippen LogP contribution in [0.3, 0.4) is 0 Å². The van der Waals surface area contributed by atoms with Gasteiger partial charge < -0.3 is 15.1 Å². The Balaban J connectivity index is 1.96. The molecule has 2 aliphatic heterocycles. The van der Waals surface area contributed by atoms with Gasteiger partial charge in [-0.15, -0.1) is 11.6 Å². The van der Waals surface area contributed by atoms with E-state index in [1.54, 1.807) is 6.20 Å². The Bertz CT molecular complexity index is 365. The Hall–Kier alpha value is -0.780. The molecule has 0 aromatic heterocycles. The Kier molecular flexibility index (Phi) is 6.33. The quantitative estimate of drug-likeness (QED) is 0.267. The van der Waals surface area contributed by atoms with Crippen molar-refractivity contribution in [2.45, 2.75) is 25.3 Å². The van der Waals surface area contributed by atoms with Crippen LogP contribution in [0.15, 0.2) is 17.9 Å². The number of alkyl halides is 1. The molecule has 0 aliphatic carbocycles. The summed E-state index contributed by atoms with van der Waals surface area (Å²) >= 11 is 6.68. The highest BCUT2D eigenvalue weighted by atomic mass is 35.5. The van der Waals surface area contributed by atoms with Crippen LogP contribution in [0.1, 0.15) is 19.8 Å². The number of fused-ring (bicyclic) bond motifs is 2. The Labute approximate surface area is 132 Å². The summed E-state index contributed by atoms with van der Waals surface area (Å²) in [5.41, 5.74) is 2.83. The first-order valence-corrected chi connectivity index (χ1v) is 8.19. The van der Waals surface area contributed by atoms with E-state index in [-0.39, 0.29) is 5.50 Å². The molecule has 0 radical (unpaired) electrons. The topological polar surface area (TPSA) is 40.1 Å². The number of hydrogen-bond acceptors (Lipinski definition) is 4. The van der Waals surface area contributed by atoms with Gasteiger partial charge in [0.25, 0.3) is 0 Å². The van der Waals surface area contributed by atoms with Crippen molar-refractivity contribution in [2.75, 3.05) is 39.9 Å². The van der Waals surface area contributed by atoms with Crippen molar-refractivity contribution in [2.24, 2.45) is 16.9 Å². The van der Waals surface area contributed by atoms with Crippen LogP contribution in [0.5, 0.6) is 0 Å². The third-order valence-corrected chi connectivity index (χ3v) is 4.67. The lowest BCUT2D eigenvalue weighted by Crippen LogP contribution is -2.50. The molecule has 0 spiro atoms. The van der Waals surface area contributed by atoms with Crippen LogP contribution in [0.2, 0.25) is 0 Å². The van der Waals surface area contributed by atoms with E-state index in [2.05, 4.69) is 28.9 Å². The molecule has 0 aromatic carbocycles. The molecule has 6 heteroatoms. The summed E-state index contributed by atoms with van der Waals surface area (Å²) in [5.74, 6) is 2.19. The van der Waals surface area contributed by atoms with Crippen LogP contribution in [0.4, 0.5) is 0 Å². The minimum atomic E-state index is -0.0329. The highest BCUT2D eigenvalue weighted by Gasteiger charge is 2.34. The van der Waals surface area contributed by atoms with Crippen molar-refractivity contribution in [3.8, 4) is 0 Å². The summed E-state index contributed by atoms with van der Waals surface area (Å²) in [6.07, 6.45) is 3.80. The highest BCUT2D eigenvalue weighted by Crippen LogP contribution is 2.29. The molecular weight excluding hydrogens is 288 g/mol. The minimum Gasteiger partial charge on any atom is -0.381 e. The van der Waals surface area contributed by atoms with E-state index >= 15 is 0 Å². The lowest BCUT2D eigenvalue weighted by molar-refractivity contribution is -0.0434. The molecule has 120 valence electrons. The molecule has 21 heavy (non-hydrogen) atoms. The van der Waals surface area contributed by atoms with Gasteiger partial charge in [-0.1, -0.05) is 6.58 Å². The summed E-state index contributed by atoms with van der Waals surface area (Å²) in [4.78, 5) is 4.41. The number of amidine groups is 1. The van der Waals surface area contributed by atoms with E-state index < -0.39 is 0 Å². The van der Waals surface area contributed by atoms with Crippen molar-refractivity contribution in [3.05, 3.63) is 12.8 Å². The lowest BCUT2D eigenvalue weighted by atomic mass is 9.88. The van der Waals surface area contributed by atoms with Gasteiger partial charge in [0.15, 0.2) is 0 Å². The van der Waals surface area contributed by atoms with Gasteiger partial charge in [-0.25, -0.2) is 0 Å². The van der Waals surface area contributed by atoms with Gasteiger partial charge in [0.1, 0.15) is 5.84 Å². The first-order valence-electron chi connectivity index (χ1n) is 7.76. The second kappa shape index (κ2) is 8.01. The van der Waals surface area contributed by atoms with Crippen LogP contribution in [-0.2, 0) is 4.74 Å². The third kappa shape index (κ3) is 4.34. The average molecular weight is 315 g/mol. The normalized spacial score (nSPS) is 28.0. The molecule has 0 saturated carbocycles. The Morgan fingerprint density at radius 3 is 2.71 bits per heavy atom. The molecule has 2 bridgehead atoms. The van der Waals surface area contributed by atoms with Gasteiger partial charge in [-0.05, 0) is 31.4 Å². The first-order chi connectivity index (χ1) is 10.2. The zero-order valence-corrected chi connectivity index (χ0v) is 13.9. The van der Waals surface area contributed by atoms with Crippen molar-refractivity contribution in [1.29, 1.82) is 0 Å². The minimum absolute atomic E-state index is 0.0329. The second-order valence-electron chi connectivity index (χ2n) is 5.82. The Morgan fingerprint density at radius 1 is 1.52 bits per heavy atom. The lowest BCUT2D eigenvalue weighted by Gasteiger charge is -2.43. The number of nitrogens with one attached hydrogen (secondary N) is 1. The van der Waals surface area contributed by atoms with Crippen LogP contribution < -0.4 is 5.43 Å². The van der Waals surface area contributed by atoms with Gasteiger partial charge in [-0.2, -0.15) is 5.10 Å². The van der Waals surface area contributed by atoms with Crippen LogP contribution in [0.25, 0.3) is 0 Å². The summed E-state index contributed by atoms with van der Waals surface area (Å²) < 4.78 is 5.63. The number of ether oxygens (including phenoxy) is 1. The molecule has 5 nitrogen and oxygen atoms in total. The van der Waals surface area contributed by atoms with Gasteiger partial charge in [-0.3, -0.25) is 4.90 Å². The van der Waals surface area contributed by atoms with Gasteiger partial charge >= 0.3 is 0 Å². The Morgan fingerprint density at radius 2 is 2.19 bits per heavy atom. The van der Waals surface area contributed by atoms with Gasteiger partial charge in [0.05, 0.1) is 18.7 Å². The van der Waals surface area contributed by atoms with E-state index in [9.17, 15) is 0 Å². The molecule has 1 N–H and O–H groups in total. The smallest absolute Gasteiger partial charge is 0.131 e. The maximum atomic E-state index is 6.68. The third-order valence-electron chi connectivity index (χ3n) is 4.24. The summed E-state index contributed by atoms with van der Waals surface area (Å²) in [7, 11) is 1.81. The van der Waals surface area contributed by atoms with Crippen molar-refractivity contribution in [3.63, 3.8) is 0 Å². The number of rotatable bonds is 6. The van der Waals surface area contributed by atoms with Crippen molar-refractivity contribution in [1.82, 2.24) is 15.2 Å². The highest BCUT2D eigenvalue weighted by molar-refractivity contribution is 6.21. The standard InChI is InChI=1S/C15H27ClN4O/c1-4-19(5-2)15(18-17-3)7-14(16)20-8-12-6-13(9-20)11-21-10-12/h4,12-14,17H,1,5-11H2,2-3H3/b18-15+. The fourth-order valence-corrected chi connectivity index (χ4v) is 3.58. The summed E-state index contributed by atoms with van der Waals surface area (Å²) in [5, 5.41) is 4.36. The van der Waals surface area contributed by atoms with E-state index in [0.717, 1.165) is 38.7 Å².